The number of carbonyl (C=O) groups excluding carboxylic acids is 2. The molecular weight excluding hydrogens is 322 g/mol. The van der Waals surface area contributed by atoms with Crippen molar-refractivity contribution in [2.24, 2.45) is 11.1 Å². The predicted octanol–water partition coefficient (Wildman–Crippen LogP) is 2.01. The van der Waals surface area contributed by atoms with Crippen LogP contribution in [0, 0.1) is 5.41 Å². The van der Waals surface area contributed by atoms with Crippen molar-refractivity contribution in [2.75, 3.05) is 20.1 Å². The highest BCUT2D eigenvalue weighted by Crippen LogP contribution is 2.27. The van der Waals surface area contributed by atoms with E-state index in [1.54, 1.807) is 18.4 Å². The van der Waals surface area contributed by atoms with Crippen LogP contribution in [0.15, 0.2) is 17.5 Å². The van der Waals surface area contributed by atoms with Gasteiger partial charge in [0.2, 0.25) is 11.8 Å². The van der Waals surface area contributed by atoms with E-state index in [-0.39, 0.29) is 30.8 Å². The first-order valence-electron chi connectivity index (χ1n) is 7.23. The van der Waals surface area contributed by atoms with E-state index < -0.39 is 5.41 Å². The number of nitrogens with one attached hydrogen (secondary N) is 1. The van der Waals surface area contributed by atoms with Crippen LogP contribution in [0.1, 0.15) is 31.6 Å². The SMILES string of the molecule is CCC(CC)(CN)C(=O)N(C)CC(=O)NCc1cccs1.Cl. The molecule has 0 fully saturated rings. The summed E-state index contributed by atoms with van der Waals surface area (Å²) >= 11 is 1.59. The van der Waals surface area contributed by atoms with Crippen LogP contribution in [0.2, 0.25) is 0 Å². The second-order valence-corrected chi connectivity index (χ2v) is 6.24. The van der Waals surface area contributed by atoms with Gasteiger partial charge in [0.25, 0.3) is 0 Å². The number of nitrogens with two attached hydrogens (primary N) is 1. The predicted molar refractivity (Wildman–Crippen MR) is 93.1 cm³/mol. The van der Waals surface area contributed by atoms with Gasteiger partial charge in [0.1, 0.15) is 0 Å². The zero-order chi connectivity index (χ0) is 15.9. The molecule has 0 atom stereocenters. The Labute approximate surface area is 142 Å². The molecule has 1 rings (SSSR count). The molecule has 0 saturated carbocycles. The van der Waals surface area contributed by atoms with Gasteiger partial charge in [-0.25, -0.2) is 0 Å². The second-order valence-electron chi connectivity index (χ2n) is 5.21. The first kappa shape index (κ1) is 20.9. The van der Waals surface area contributed by atoms with E-state index in [9.17, 15) is 9.59 Å². The normalized spacial score (nSPS) is 10.7. The molecule has 1 heterocycles. The van der Waals surface area contributed by atoms with Crippen LogP contribution >= 0.6 is 23.7 Å². The van der Waals surface area contributed by atoms with Crippen LogP contribution in [0.5, 0.6) is 0 Å². The van der Waals surface area contributed by atoms with Crippen molar-refractivity contribution in [2.45, 2.75) is 33.2 Å². The lowest BCUT2D eigenvalue weighted by molar-refractivity contribution is -0.143. The molecule has 0 aromatic carbocycles. The van der Waals surface area contributed by atoms with Gasteiger partial charge >= 0.3 is 0 Å². The zero-order valence-electron chi connectivity index (χ0n) is 13.4. The number of hydrogen-bond donors (Lipinski definition) is 2. The lowest BCUT2D eigenvalue weighted by Gasteiger charge is -2.32. The fraction of sp³-hybridized carbons (Fsp3) is 0.600. The van der Waals surface area contributed by atoms with Crippen molar-refractivity contribution in [1.29, 1.82) is 0 Å². The number of carbonyl (C=O) groups is 2. The van der Waals surface area contributed by atoms with Crippen molar-refractivity contribution in [3.63, 3.8) is 0 Å². The molecule has 3 N–H and O–H groups in total. The summed E-state index contributed by atoms with van der Waals surface area (Å²) in [6, 6.07) is 3.91. The molecule has 0 spiro atoms. The standard InChI is InChI=1S/C15H25N3O2S.ClH/c1-4-15(5-2,11-16)14(20)18(3)10-13(19)17-9-12-7-6-8-21-12;/h6-8H,4-5,9-11,16H2,1-3H3,(H,17,19);1H. The van der Waals surface area contributed by atoms with Crippen LogP contribution in [0.4, 0.5) is 0 Å². The van der Waals surface area contributed by atoms with Crippen molar-refractivity contribution < 1.29 is 9.59 Å². The van der Waals surface area contributed by atoms with Crippen molar-refractivity contribution in [3.05, 3.63) is 22.4 Å². The minimum absolute atomic E-state index is 0. The first-order chi connectivity index (χ1) is 9.99. The minimum Gasteiger partial charge on any atom is -0.350 e. The topological polar surface area (TPSA) is 75.4 Å². The molecule has 0 unspecified atom stereocenters. The molecule has 0 aliphatic rings. The summed E-state index contributed by atoms with van der Waals surface area (Å²) in [5.41, 5.74) is 5.22. The Hall–Kier alpha value is -1.11. The third-order valence-electron chi connectivity index (χ3n) is 3.97. The highest BCUT2D eigenvalue weighted by molar-refractivity contribution is 7.09. The summed E-state index contributed by atoms with van der Waals surface area (Å²) in [6.45, 7) is 4.78. The summed E-state index contributed by atoms with van der Waals surface area (Å²) in [4.78, 5) is 27.0. The summed E-state index contributed by atoms with van der Waals surface area (Å²) in [5, 5.41) is 4.79. The van der Waals surface area contributed by atoms with Gasteiger partial charge in [0.15, 0.2) is 0 Å². The van der Waals surface area contributed by atoms with Gasteiger partial charge < -0.3 is 16.0 Å². The van der Waals surface area contributed by atoms with Gasteiger partial charge in [0.05, 0.1) is 18.5 Å². The number of nitrogens with zero attached hydrogens (tertiary/aromatic N) is 1. The van der Waals surface area contributed by atoms with Gasteiger partial charge in [-0.05, 0) is 24.3 Å². The summed E-state index contributed by atoms with van der Waals surface area (Å²) in [6.07, 6.45) is 1.36. The molecule has 0 bridgehead atoms. The van der Waals surface area contributed by atoms with E-state index in [2.05, 4.69) is 5.32 Å². The number of amides is 2. The molecule has 7 heteroatoms. The quantitative estimate of drug-likeness (QED) is 0.755. The van der Waals surface area contributed by atoms with Gasteiger partial charge in [-0.2, -0.15) is 0 Å². The maximum Gasteiger partial charge on any atom is 0.239 e. The summed E-state index contributed by atoms with van der Waals surface area (Å²) in [5.74, 6) is -0.210. The molecule has 126 valence electrons. The van der Waals surface area contributed by atoms with E-state index in [0.717, 1.165) is 4.88 Å². The Morgan fingerprint density at radius 3 is 2.45 bits per heavy atom. The Balaban J connectivity index is 0.00000441. The number of hydrogen-bond acceptors (Lipinski definition) is 4. The number of rotatable bonds is 8. The van der Waals surface area contributed by atoms with Crippen LogP contribution < -0.4 is 11.1 Å². The lowest BCUT2D eigenvalue weighted by Crippen LogP contribution is -2.48. The summed E-state index contributed by atoms with van der Waals surface area (Å²) < 4.78 is 0. The highest BCUT2D eigenvalue weighted by atomic mass is 35.5. The molecule has 0 radical (unpaired) electrons. The third kappa shape index (κ3) is 5.26. The average molecular weight is 348 g/mol. The van der Waals surface area contributed by atoms with Gasteiger partial charge in [-0.1, -0.05) is 19.9 Å². The van der Waals surface area contributed by atoms with Gasteiger partial charge in [-0.15, -0.1) is 23.7 Å². The maximum absolute atomic E-state index is 12.5. The zero-order valence-corrected chi connectivity index (χ0v) is 15.1. The van der Waals surface area contributed by atoms with E-state index >= 15 is 0 Å². The summed E-state index contributed by atoms with van der Waals surface area (Å²) in [7, 11) is 1.66. The molecule has 0 saturated heterocycles. The maximum atomic E-state index is 12.5. The van der Waals surface area contributed by atoms with Crippen LogP contribution in [0.25, 0.3) is 0 Å². The molecule has 1 aromatic rings. The van der Waals surface area contributed by atoms with E-state index in [4.69, 9.17) is 5.73 Å². The molecule has 0 aliphatic carbocycles. The number of likely N-dealkylation sites (N-methyl/N-ethyl adjacent to an activating group) is 1. The van der Waals surface area contributed by atoms with E-state index in [0.29, 0.717) is 25.9 Å². The Kier molecular flexibility index (Phi) is 9.32. The Morgan fingerprint density at radius 1 is 1.36 bits per heavy atom. The average Bonchev–Trinajstić information content (AvgIpc) is 3.00. The first-order valence-corrected chi connectivity index (χ1v) is 8.11. The smallest absolute Gasteiger partial charge is 0.239 e. The Morgan fingerprint density at radius 2 is 2.00 bits per heavy atom. The minimum atomic E-state index is -0.553. The molecule has 0 aliphatic heterocycles. The van der Waals surface area contributed by atoms with Crippen molar-refractivity contribution in [1.82, 2.24) is 10.2 Å². The van der Waals surface area contributed by atoms with Gasteiger partial charge in [0, 0.05) is 18.5 Å². The number of halogens is 1. The van der Waals surface area contributed by atoms with E-state index in [1.165, 1.54) is 4.90 Å². The van der Waals surface area contributed by atoms with Crippen LogP contribution in [-0.2, 0) is 16.1 Å². The van der Waals surface area contributed by atoms with E-state index in [1.807, 2.05) is 31.4 Å². The van der Waals surface area contributed by atoms with Crippen molar-refractivity contribution in [3.8, 4) is 0 Å². The third-order valence-corrected chi connectivity index (χ3v) is 4.84. The monoisotopic (exact) mass is 347 g/mol. The number of thiophene rings is 1. The fourth-order valence-corrected chi connectivity index (χ4v) is 2.92. The van der Waals surface area contributed by atoms with Crippen LogP contribution in [0.3, 0.4) is 0 Å². The lowest BCUT2D eigenvalue weighted by atomic mass is 9.81. The molecule has 2 amide bonds. The van der Waals surface area contributed by atoms with Crippen LogP contribution in [-0.4, -0.2) is 36.9 Å². The van der Waals surface area contributed by atoms with Gasteiger partial charge in [-0.3, -0.25) is 9.59 Å². The molecule has 22 heavy (non-hydrogen) atoms. The molecule has 5 nitrogen and oxygen atoms in total. The largest absolute Gasteiger partial charge is 0.350 e. The fourth-order valence-electron chi connectivity index (χ4n) is 2.28. The highest BCUT2D eigenvalue weighted by Gasteiger charge is 2.36. The second kappa shape index (κ2) is 9.82. The Bertz CT molecular complexity index is 453. The molecular formula is C15H26ClN3O2S. The molecule has 1 aromatic heterocycles. The van der Waals surface area contributed by atoms with Crippen molar-refractivity contribution >= 4 is 35.6 Å².